The minimum absolute atomic E-state index is 0.0954. The van der Waals surface area contributed by atoms with Gasteiger partial charge in [-0.05, 0) is 50.2 Å². The van der Waals surface area contributed by atoms with Gasteiger partial charge in [-0.2, -0.15) is 0 Å². The van der Waals surface area contributed by atoms with Gasteiger partial charge >= 0.3 is 0 Å². The molecule has 8 nitrogen and oxygen atoms in total. The molecule has 1 atom stereocenters. The zero-order chi connectivity index (χ0) is 20.0. The monoisotopic (exact) mass is 392 g/mol. The maximum atomic E-state index is 12.6. The molecule has 1 saturated heterocycles. The quantitative estimate of drug-likeness (QED) is 0.569. The third-order valence-electron chi connectivity index (χ3n) is 4.10. The average Bonchev–Trinajstić information content (AvgIpc) is 2.83. The minimum Gasteiger partial charge on any atom is -0.396 e. The summed E-state index contributed by atoms with van der Waals surface area (Å²) in [6.07, 6.45) is 0.248. The second-order valence-corrected chi connectivity index (χ2v) is 6.60. The van der Waals surface area contributed by atoms with E-state index in [1.54, 1.807) is 13.0 Å². The highest BCUT2D eigenvalue weighted by Crippen LogP contribution is 2.20. The lowest BCUT2D eigenvalue weighted by Gasteiger charge is -2.24. The highest BCUT2D eigenvalue weighted by Gasteiger charge is 2.43. The molecule has 1 aromatic carbocycles. The number of rotatable bonds is 8. The van der Waals surface area contributed by atoms with Gasteiger partial charge in [0.05, 0.1) is 6.42 Å². The summed E-state index contributed by atoms with van der Waals surface area (Å²) in [5.74, 6) is -1.06. The van der Waals surface area contributed by atoms with Crippen molar-refractivity contribution in [2.75, 3.05) is 18.5 Å². The number of thiocarbonyl (C=S) groups is 1. The fourth-order valence-electron chi connectivity index (χ4n) is 2.78. The minimum atomic E-state index is -0.902. The number of aliphatic hydroxyl groups excluding tert-OH is 1. The van der Waals surface area contributed by atoms with Crippen LogP contribution in [-0.2, 0) is 14.4 Å². The Balaban J connectivity index is 2.09. The Bertz CT molecular complexity index is 740. The van der Waals surface area contributed by atoms with Crippen molar-refractivity contribution in [3.8, 4) is 0 Å². The van der Waals surface area contributed by atoms with Gasteiger partial charge in [0, 0.05) is 25.3 Å². The molecule has 0 spiro atoms. The van der Waals surface area contributed by atoms with Crippen molar-refractivity contribution in [2.24, 2.45) is 0 Å². The van der Waals surface area contributed by atoms with Gasteiger partial charge in [0.25, 0.3) is 5.91 Å². The number of hydrogen-bond acceptors (Lipinski definition) is 5. The number of hydrazine groups is 1. The van der Waals surface area contributed by atoms with Crippen LogP contribution in [0.4, 0.5) is 5.69 Å². The molecular formula is C18H24N4O4S. The largest absolute Gasteiger partial charge is 0.396 e. The van der Waals surface area contributed by atoms with Crippen LogP contribution in [0, 0.1) is 6.92 Å². The van der Waals surface area contributed by atoms with Gasteiger partial charge in [-0.1, -0.05) is 12.1 Å². The van der Waals surface area contributed by atoms with E-state index in [1.165, 1.54) is 9.91 Å². The number of hydrogen-bond donors (Lipinski definition) is 3. The maximum absolute atomic E-state index is 12.6. The topological polar surface area (TPSA) is 102 Å². The van der Waals surface area contributed by atoms with Crippen molar-refractivity contribution in [2.45, 2.75) is 39.2 Å². The number of benzene rings is 1. The predicted octanol–water partition coefficient (Wildman–Crippen LogP) is 0.945. The number of carbonyl (C=O) groups is 3. The van der Waals surface area contributed by atoms with Crippen LogP contribution in [-0.4, -0.2) is 57.0 Å². The lowest BCUT2D eigenvalue weighted by atomic mass is 10.1. The Labute approximate surface area is 163 Å². The molecule has 1 heterocycles. The molecule has 1 unspecified atom stereocenters. The highest BCUT2D eigenvalue weighted by atomic mass is 32.1. The molecule has 0 bridgehead atoms. The van der Waals surface area contributed by atoms with E-state index in [4.69, 9.17) is 17.3 Å². The van der Waals surface area contributed by atoms with Crippen LogP contribution in [0.2, 0.25) is 0 Å². The summed E-state index contributed by atoms with van der Waals surface area (Å²) in [6, 6.07) is 6.43. The molecule has 1 fully saturated rings. The summed E-state index contributed by atoms with van der Waals surface area (Å²) in [5, 5.41) is 13.0. The molecule has 1 aliphatic rings. The van der Waals surface area contributed by atoms with E-state index in [0.29, 0.717) is 18.7 Å². The van der Waals surface area contributed by atoms with Crippen LogP contribution in [0.15, 0.2) is 24.3 Å². The van der Waals surface area contributed by atoms with E-state index in [-0.39, 0.29) is 42.3 Å². The van der Waals surface area contributed by atoms with E-state index in [9.17, 15) is 14.4 Å². The average molecular weight is 392 g/mol. The fourth-order valence-corrected chi connectivity index (χ4v) is 3.18. The molecule has 0 aliphatic carbocycles. The number of carbonyl (C=O) groups excluding carboxylic acids is 3. The Hall–Kier alpha value is -2.52. The Kier molecular flexibility index (Phi) is 7.26. The zero-order valence-electron chi connectivity index (χ0n) is 15.4. The molecule has 2 rings (SSSR count). The molecule has 0 aromatic heterocycles. The van der Waals surface area contributed by atoms with Crippen LogP contribution >= 0.6 is 12.2 Å². The lowest BCUT2D eigenvalue weighted by Crippen LogP contribution is -2.49. The first kappa shape index (κ1) is 20.8. The van der Waals surface area contributed by atoms with Gasteiger partial charge in [0.15, 0.2) is 5.11 Å². The SMILES string of the molecule is CCN1C(=O)C(CC(=O)Nc2cccc(C)c2)N(NC(=O)CCCO)C1=S. The van der Waals surface area contributed by atoms with Crippen molar-refractivity contribution in [1.82, 2.24) is 15.3 Å². The van der Waals surface area contributed by atoms with Crippen LogP contribution in [0.3, 0.4) is 0 Å². The second-order valence-electron chi connectivity index (χ2n) is 6.23. The third kappa shape index (κ3) is 5.24. The molecule has 27 heavy (non-hydrogen) atoms. The van der Waals surface area contributed by atoms with Gasteiger partial charge in [-0.3, -0.25) is 24.7 Å². The van der Waals surface area contributed by atoms with Gasteiger partial charge in [0.2, 0.25) is 11.8 Å². The van der Waals surface area contributed by atoms with Gasteiger partial charge in [-0.25, -0.2) is 5.01 Å². The van der Waals surface area contributed by atoms with Crippen LogP contribution < -0.4 is 10.7 Å². The van der Waals surface area contributed by atoms with E-state index < -0.39 is 6.04 Å². The number of aryl methyl sites for hydroxylation is 1. The van der Waals surface area contributed by atoms with Gasteiger partial charge in [-0.15, -0.1) is 0 Å². The van der Waals surface area contributed by atoms with Crippen molar-refractivity contribution in [3.05, 3.63) is 29.8 Å². The van der Waals surface area contributed by atoms with Crippen LogP contribution in [0.25, 0.3) is 0 Å². The van der Waals surface area contributed by atoms with Crippen molar-refractivity contribution >= 4 is 40.7 Å². The van der Waals surface area contributed by atoms with E-state index in [1.807, 2.05) is 25.1 Å². The second kappa shape index (κ2) is 9.43. The number of nitrogens with one attached hydrogen (secondary N) is 2. The number of anilines is 1. The summed E-state index contributed by atoms with van der Waals surface area (Å²) >= 11 is 5.28. The first-order valence-corrected chi connectivity index (χ1v) is 9.19. The standard InChI is InChI=1S/C18H24N4O4S/c1-3-21-17(26)14(22(18(21)27)20-15(24)8-5-9-23)11-16(25)19-13-7-4-6-12(2)10-13/h4,6-7,10,14,23H,3,5,8-9,11H2,1-2H3,(H,19,25)(H,20,24). The predicted molar refractivity (Wildman–Crippen MR) is 105 cm³/mol. The number of nitrogens with zero attached hydrogens (tertiary/aromatic N) is 2. The van der Waals surface area contributed by atoms with E-state index in [2.05, 4.69) is 10.7 Å². The molecule has 9 heteroatoms. The molecule has 1 aromatic rings. The van der Waals surface area contributed by atoms with Crippen LogP contribution in [0.1, 0.15) is 31.7 Å². The van der Waals surface area contributed by atoms with Gasteiger partial charge in [0.1, 0.15) is 6.04 Å². The third-order valence-corrected chi connectivity index (χ3v) is 4.52. The van der Waals surface area contributed by atoms with Crippen molar-refractivity contribution in [1.29, 1.82) is 0 Å². The molecule has 0 radical (unpaired) electrons. The maximum Gasteiger partial charge on any atom is 0.254 e. The van der Waals surface area contributed by atoms with Crippen LogP contribution in [0.5, 0.6) is 0 Å². The smallest absolute Gasteiger partial charge is 0.254 e. The highest BCUT2D eigenvalue weighted by molar-refractivity contribution is 7.80. The molecule has 0 saturated carbocycles. The van der Waals surface area contributed by atoms with E-state index >= 15 is 0 Å². The van der Waals surface area contributed by atoms with Gasteiger partial charge < -0.3 is 10.4 Å². The van der Waals surface area contributed by atoms with E-state index in [0.717, 1.165) is 5.56 Å². The summed E-state index contributed by atoms with van der Waals surface area (Å²) in [6.45, 7) is 3.92. The normalized spacial score (nSPS) is 16.6. The molecule has 3 N–H and O–H groups in total. The molecule has 3 amide bonds. The van der Waals surface area contributed by atoms with Crippen molar-refractivity contribution < 1.29 is 19.5 Å². The number of likely N-dealkylation sites (N-methyl/N-ethyl adjacent to an activating group) is 1. The molecular weight excluding hydrogens is 368 g/mol. The number of amides is 3. The Morgan fingerprint density at radius 1 is 1.30 bits per heavy atom. The number of aliphatic hydroxyl groups is 1. The summed E-state index contributed by atoms with van der Waals surface area (Å²) in [5.41, 5.74) is 4.22. The summed E-state index contributed by atoms with van der Waals surface area (Å²) in [7, 11) is 0. The Morgan fingerprint density at radius 2 is 2.04 bits per heavy atom. The first-order valence-electron chi connectivity index (χ1n) is 8.78. The zero-order valence-corrected chi connectivity index (χ0v) is 16.2. The van der Waals surface area contributed by atoms with Crippen molar-refractivity contribution in [3.63, 3.8) is 0 Å². The lowest BCUT2D eigenvalue weighted by molar-refractivity contribution is -0.132. The molecule has 1 aliphatic heterocycles. The summed E-state index contributed by atoms with van der Waals surface area (Å²) in [4.78, 5) is 38.4. The molecule has 146 valence electrons. The Morgan fingerprint density at radius 3 is 2.67 bits per heavy atom. The summed E-state index contributed by atoms with van der Waals surface area (Å²) < 4.78 is 0. The first-order chi connectivity index (χ1) is 12.9. The fraction of sp³-hybridized carbons (Fsp3) is 0.444.